The van der Waals surface area contributed by atoms with Gasteiger partial charge < -0.3 is 9.64 Å². The van der Waals surface area contributed by atoms with Crippen molar-refractivity contribution in [2.75, 3.05) is 26.8 Å². The molecule has 1 atom stereocenters. The van der Waals surface area contributed by atoms with E-state index in [4.69, 9.17) is 4.74 Å². The fourth-order valence-corrected chi connectivity index (χ4v) is 0.727. The lowest BCUT2D eigenvalue weighted by molar-refractivity contribution is 0.0874. The monoisotopic (exact) mass is 145 g/mol. The molecule has 0 heterocycles. The average molecular weight is 145 g/mol. The quantitative estimate of drug-likeness (QED) is 0.579. The molecular weight excluding hydrogens is 126 g/mol. The van der Waals surface area contributed by atoms with Crippen LogP contribution >= 0.6 is 0 Å². The van der Waals surface area contributed by atoms with Crippen LogP contribution in [0.25, 0.3) is 0 Å². The number of likely N-dealkylation sites (N-methyl/N-ethyl adjacent to an activating group) is 1. The third-order valence-electron chi connectivity index (χ3n) is 1.81. The Bertz CT molecular complexity index is 75.7. The molecule has 0 fully saturated rings. The molecule has 0 amide bonds. The molecule has 0 saturated heterocycles. The van der Waals surface area contributed by atoms with Gasteiger partial charge in [0.15, 0.2) is 0 Å². The lowest BCUT2D eigenvalue weighted by Gasteiger charge is -2.22. The fourth-order valence-electron chi connectivity index (χ4n) is 0.727. The van der Waals surface area contributed by atoms with Crippen molar-refractivity contribution in [2.24, 2.45) is 0 Å². The van der Waals surface area contributed by atoms with Crippen LogP contribution in [0.5, 0.6) is 0 Å². The van der Waals surface area contributed by atoms with Crippen molar-refractivity contribution in [1.29, 1.82) is 0 Å². The first kappa shape index (κ1) is 9.92. The van der Waals surface area contributed by atoms with E-state index < -0.39 is 0 Å². The van der Waals surface area contributed by atoms with Gasteiger partial charge >= 0.3 is 0 Å². The third kappa shape index (κ3) is 3.85. The van der Waals surface area contributed by atoms with Gasteiger partial charge in [0.2, 0.25) is 0 Å². The Kier molecular flexibility index (Phi) is 5.64. The summed E-state index contributed by atoms with van der Waals surface area (Å²) in [5.74, 6) is 0. The van der Waals surface area contributed by atoms with Gasteiger partial charge in [0, 0.05) is 12.6 Å². The number of hydrogen-bond acceptors (Lipinski definition) is 2. The average Bonchev–Trinajstić information content (AvgIpc) is 1.98. The summed E-state index contributed by atoms with van der Waals surface area (Å²) in [7, 11) is 2.11. The van der Waals surface area contributed by atoms with Crippen LogP contribution in [0, 0.1) is 0 Å². The van der Waals surface area contributed by atoms with E-state index in [0.29, 0.717) is 6.04 Å². The number of ether oxygens (including phenoxy) is 1. The van der Waals surface area contributed by atoms with Crippen LogP contribution < -0.4 is 0 Å². The molecule has 10 heavy (non-hydrogen) atoms. The smallest absolute Gasteiger partial charge is 0.0618 e. The van der Waals surface area contributed by atoms with Gasteiger partial charge in [-0.15, -0.1) is 0 Å². The highest BCUT2D eigenvalue weighted by molar-refractivity contribution is 4.59. The molecule has 0 rings (SSSR count). The first-order valence-electron chi connectivity index (χ1n) is 4.00. The Morgan fingerprint density at radius 1 is 1.40 bits per heavy atom. The highest BCUT2D eigenvalue weighted by Gasteiger charge is 2.04. The van der Waals surface area contributed by atoms with Crippen molar-refractivity contribution in [3.05, 3.63) is 0 Å². The van der Waals surface area contributed by atoms with Gasteiger partial charge in [-0.3, -0.25) is 0 Å². The molecule has 0 N–H and O–H groups in total. The summed E-state index contributed by atoms with van der Waals surface area (Å²) in [5, 5.41) is 0. The van der Waals surface area contributed by atoms with E-state index in [1.807, 2.05) is 6.92 Å². The summed E-state index contributed by atoms with van der Waals surface area (Å²) in [6, 6.07) is 0.546. The Labute approximate surface area is 64.2 Å². The first-order valence-corrected chi connectivity index (χ1v) is 4.00. The summed E-state index contributed by atoms with van der Waals surface area (Å²) in [6.07, 6.45) is 0. The predicted molar refractivity (Wildman–Crippen MR) is 44.3 cm³/mol. The molecule has 0 aromatic carbocycles. The predicted octanol–water partition coefficient (Wildman–Crippen LogP) is 1.36. The molecule has 0 aliphatic heterocycles. The van der Waals surface area contributed by atoms with Gasteiger partial charge in [-0.2, -0.15) is 0 Å². The minimum absolute atomic E-state index is 0.546. The maximum atomic E-state index is 5.28. The zero-order chi connectivity index (χ0) is 7.98. The largest absolute Gasteiger partial charge is 0.380 e. The highest BCUT2D eigenvalue weighted by Crippen LogP contribution is 1.94. The molecule has 0 saturated carbocycles. The minimum Gasteiger partial charge on any atom is -0.380 e. The van der Waals surface area contributed by atoms with Crippen molar-refractivity contribution in [2.45, 2.75) is 26.8 Å². The maximum absolute atomic E-state index is 5.28. The Morgan fingerprint density at radius 2 is 2.00 bits per heavy atom. The fraction of sp³-hybridized carbons (Fsp3) is 1.00. The molecule has 2 heteroatoms. The van der Waals surface area contributed by atoms with E-state index in [1.165, 1.54) is 0 Å². The van der Waals surface area contributed by atoms with Crippen molar-refractivity contribution in [3.63, 3.8) is 0 Å². The second-order valence-electron chi connectivity index (χ2n) is 2.58. The van der Waals surface area contributed by atoms with Crippen molar-refractivity contribution >= 4 is 0 Å². The van der Waals surface area contributed by atoms with Crippen LogP contribution in [0.4, 0.5) is 0 Å². The van der Waals surface area contributed by atoms with Crippen LogP contribution in [0.3, 0.4) is 0 Å². The van der Waals surface area contributed by atoms with E-state index in [9.17, 15) is 0 Å². The van der Waals surface area contributed by atoms with Gasteiger partial charge in [0.25, 0.3) is 0 Å². The van der Waals surface area contributed by atoms with E-state index in [1.54, 1.807) is 0 Å². The van der Waals surface area contributed by atoms with Crippen LogP contribution in [-0.2, 0) is 4.74 Å². The van der Waals surface area contributed by atoms with Gasteiger partial charge in [-0.1, -0.05) is 6.92 Å². The summed E-state index contributed by atoms with van der Waals surface area (Å²) in [5.41, 5.74) is 0. The second-order valence-corrected chi connectivity index (χ2v) is 2.58. The van der Waals surface area contributed by atoms with Crippen molar-refractivity contribution in [1.82, 2.24) is 4.90 Å². The van der Waals surface area contributed by atoms with E-state index in [0.717, 1.165) is 19.8 Å². The molecule has 0 aromatic rings. The zero-order valence-electron chi connectivity index (χ0n) is 7.55. The zero-order valence-corrected chi connectivity index (χ0v) is 7.55. The molecule has 0 bridgehead atoms. The molecule has 62 valence electrons. The van der Waals surface area contributed by atoms with Crippen LogP contribution in [0.2, 0.25) is 0 Å². The topological polar surface area (TPSA) is 12.5 Å². The molecule has 0 unspecified atom stereocenters. The van der Waals surface area contributed by atoms with E-state index >= 15 is 0 Å². The molecule has 0 aliphatic carbocycles. The van der Waals surface area contributed by atoms with E-state index in [2.05, 4.69) is 25.8 Å². The lowest BCUT2D eigenvalue weighted by Crippen LogP contribution is -2.32. The second kappa shape index (κ2) is 5.69. The summed E-state index contributed by atoms with van der Waals surface area (Å²) >= 11 is 0. The number of hydrogen-bond donors (Lipinski definition) is 0. The molecule has 2 nitrogen and oxygen atoms in total. The third-order valence-corrected chi connectivity index (χ3v) is 1.81. The number of rotatable bonds is 5. The summed E-state index contributed by atoms with van der Waals surface area (Å²) in [4.78, 5) is 2.27. The SMILES string of the molecule is CCOC[C@H](C)N(C)CC. The summed E-state index contributed by atoms with van der Waals surface area (Å²) < 4.78 is 5.28. The van der Waals surface area contributed by atoms with Crippen molar-refractivity contribution in [3.8, 4) is 0 Å². The van der Waals surface area contributed by atoms with Gasteiger partial charge in [-0.05, 0) is 27.4 Å². The Hall–Kier alpha value is -0.0800. The lowest BCUT2D eigenvalue weighted by atomic mass is 10.3. The molecule has 0 aromatic heterocycles. The minimum atomic E-state index is 0.546. The number of nitrogens with zero attached hydrogens (tertiary/aromatic N) is 1. The van der Waals surface area contributed by atoms with Gasteiger partial charge in [-0.25, -0.2) is 0 Å². The molecule has 0 spiro atoms. The van der Waals surface area contributed by atoms with Gasteiger partial charge in [0.05, 0.1) is 6.61 Å². The van der Waals surface area contributed by atoms with Crippen molar-refractivity contribution < 1.29 is 4.74 Å². The Balaban J connectivity index is 3.31. The molecule has 0 radical (unpaired) electrons. The van der Waals surface area contributed by atoms with Crippen LogP contribution in [0.15, 0.2) is 0 Å². The standard InChI is InChI=1S/C8H19NO/c1-5-9(4)8(3)7-10-6-2/h8H,5-7H2,1-4H3/t8-/m0/s1. The van der Waals surface area contributed by atoms with E-state index in [-0.39, 0.29) is 0 Å². The summed E-state index contributed by atoms with van der Waals surface area (Å²) in [6.45, 7) is 9.12. The Morgan fingerprint density at radius 3 is 2.40 bits per heavy atom. The molecule has 0 aliphatic rings. The van der Waals surface area contributed by atoms with Crippen LogP contribution in [-0.4, -0.2) is 37.7 Å². The normalized spacial score (nSPS) is 14.1. The highest BCUT2D eigenvalue weighted by atomic mass is 16.5. The first-order chi connectivity index (χ1) is 4.72. The maximum Gasteiger partial charge on any atom is 0.0618 e. The van der Waals surface area contributed by atoms with Crippen LogP contribution in [0.1, 0.15) is 20.8 Å². The van der Waals surface area contributed by atoms with Gasteiger partial charge in [0.1, 0.15) is 0 Å². The molecular formula is C8H19NO.